The third-order valence-electron chi connectivity index (χ3n) is 1.97. The molecule has 12 heavy (non-hydrogen) atoms. The van der Waals surface area contributed by atoms with Gasteiger partial charge >= 0.3 is 5.97 Å². The van der Waals surface area contributed by atoms with Gasteiger partial charge in [0.1, 0.15) is 0 Å². The van der Waals surface area contributed by atoms with Gasteiger partial charge in [0.2, 0.25) is 0 Å². The molecule has 0 aromatic carbocycles. The number of carbonyl (C=O) groups excluding carboxylic acids is 1. The van der Waals surface area contributed by atoms with E-state index in [4.69, 9.17) is 4.74 Å². The molecule has 1 unspecified atom stereocenters. The molecule has 0 radical (unpaired) electrons. The normalized spacial score (nSPS) is 22.2. The summed E-state index contributed by atoms with van der Waals surface area (Å²) in [4.78, 5) is 10.9. The Morgan fingerprint density at radius 1 is 1.75 bits per heavy atom. The fourth-order valence-corrected chi connectivity index (χ4v) is 1.31. The van der Waals surface area contributed by atoms with Gasteiger partial charge in [-0.3, -0.25) is 0 Å². The van der Waals surface area contributed by atoms with Gasteiger partial charge in [-0.1, -0.05) is 6.58 Å². The zero-order chi connectivity index (χ0) is 8.97. The fraction of sp³-hybridized carbons (Fsp3) is 0.667. The van der Waals surface area contributed by atoms with Crippen LogP contribution in [0.4, 0.5) is 0 Å². The van der Waals surface area contributed by atoms with E-state index in [1.54, 1.807) is 0 Å². The molecular weight excluding hydrogens is 156 g/mol. The van der Waals surface area contributed by atoms with Crippen molar-refractivity contribution in [1.29, 1.82) is 0 Å². The minimum absolute atomic E-state index is 0.177. The van der Waals surface area contributed by atoms with E-state index in [-0.39, 0.29) is 12.1 Å². The Hall–Kier alpha value is -0.830. The molecule has 0 N–H and O–H groups in total. The number of rotatable bonds is 3. The molecule has 0 spiro atoms. The summed E-state index contributed by atoms with van der Waals surface area (Å²) in [6.07, 6.45) is 2.89. The van der Waals surface area contributed by atoms with Crippen LogP contribution in [0, 0.1) is 0 Å². The second-order valence-corrected chi connectivity index (χ2v) is 2.93. The number of carbonyl (C=O) groups is 1. The summed E-state index contributed by atoms with van der Waals surface area (Å²) in [6, 6.07) is 0. The minimum atomic E-state index is -0.328. The highest BCUT2D eigenvalue weighted by atomic mass is 16.5. The van der Waals surface area contributed by atoms with Crippen LogP contribution >= 0.6 is 0 Å². The van der Waals surface area contributed by atoms with Crippen molar-refractivity contribution in [1.82, 2.24) is 0 Å². The molecule has 1 aliphatic rings. The molecule has 0 aliphatic carbocycles. The highest BCUT2D eigenvalue weighted by molar-refractivity contribution is 5.87. The van der Waals surface area contributed by atoms with Crippen LogP contribution in [0.1, 0.15) is 19.3 Å². The van der Waals surface area contributed by atoms with Gasteiger partial charge in [0, 0.05) is 18.6 Å². The molecule has 0 aromatic heterocycles. The van der Waals surface area contributed by atoms with Gasteiger partial charge in [-0.2, -0.15) is 0 Å². The lowest BCUT2D eigenvalue weighted by molar-refractivity contribution is -0.136. The van der Waals surface area contributed by atoms with Crippen LogP contribution in [-0.2, 0) is 14.3 Å². The summed E-state index contributed by atoms with van der Waals surface area (Å²) in [5, 5.41) is 0. The predicted molar refractivity (Wildman–Crippen MR) is 44.7 cm³/mol. The van der Waals surface area contributed by atoms with Crippen molar-refractivity contribution in [2.45, 2.75) is 25.4 Å². The Balaban J connectivity index is 2.29. The molecule has 1 rings (SSSR count). The topological polar surface area (TPSA) is 35.5 Å². The van der Waals surface area contributed by atoms with Gasteiger partial charge < -0.3 is 9.47 Å². The predicted octanol–water partition coefficient (Wildman–Crippen LogP) is 1.28. The molecule has 0 bridgehead atoms. The average Bonchev–Trinajstić information content (AvgIpc) is 2.55. The maximum absolute atomic E-state index is 10.9. The lowest BCUT2D eigenvalue weighted by atomic mass is 10.1. The number of ether oxygens (including phenoxy) is 2. The first kappa shape index (κ1) is 9.26. The third kappa shape index (κ3) is 2.34. The molecule has 1 aliphatic heterocycles. The Labute approximate surface area is 72.4 Å². The van der Waals surface area contributed by atoms with Crippen LogP contribution in [0.5, 0.6) is 0 Å². The van der Waals surface area contributed by atoms with Crippen molar-refractivity contribution >= 4 is 5.97 Å². The summed E-state index contributed by atoms with van der Waals surface area (Å²) in [5.41, 5.74) is 0.504. The maximum Gasteiger partial charge on any atom is 0.333 e. The van der Waals surface area contributed by atoms with E-state index in [9.17, 15) is 4.79 Å². The maximum atomic E-state index is 10.9. The van der Waals surface area contributed by atoms with Crippen LogP contribution in [0.3, 0.4) is 0 Å². The van der Waals surface area contributed by atoms with Gasteiger partial charge in [0.15, 0.2) is 0 Å². The van der Waals surface area contributed by atoms with E-state index in [2.05, 4.69) is 11.3 Å². The molecule has 1 fully saturated rings. The molecule has 3 nitrogen and oxygen atoms in total. The first-order valence-electron chi connectivity index (χ1n) is 4.11. The Morgan fingerprint density at radius 3 is 3.00 bits per heavy atom. The lowest BCUT2D eigenvalue weighted by Crippen LogP contribution is -2.12. The standard InChI is InChI=1S/C9H14O3/c1-7(9(10)11-2)6-8-4-3-5-12-8/h8H,1,3-6H2,2H3. The number of hydrogen-bond donors (Lipinski definition) is 0. The highest BCUT2D eigenvalue weighted by Gasteiger charge is 2.19. The van der Waals surface area contributed by atoms with E-state index in [1.807, 2.05) is 0 Å². The first-order valence-corrected chi connectivity index (χ1v) is 4.11. The van der Waals surface area contributed by atoms with Crippen molar-refractivity contribution in [3.8, 4) is 0 Å². The Morgan fingerprint density at radius 2 is 2.50 bits per heavy atom. The second kappa shape index (κ2) is 4.26. The zero-order valence-corrected chi connectivity index (χ0v) is 7.34. The summed E-state index contributed by atoms with van der Waals surface area (Å²) >= 11 is 0. The van der Waals surface area contributed by atoms with Crippen molar-refractivity contribution in [3.05, 3.63) is 12.2 Å². The van der Waals surface area contributed by atoms with Crippen LogP contribution in [0.25, 0.3) is 0 Å². The van der Waals surface area contributed by atoms with Gasteiger partial charge in [-0.05, 0) is 12.8 Å². The molecule has 3 heteroatoms. The van der Waals surface area contributed by atoms with Gasteiger partial charge in [0.25, 0.3) is 0 Å². The van der Waals surface area contributed by atoms with Crippen LogP contribution < -0.4 is 0 Å². The van der Waals surface area contributed by atoms with Crippen molar-refractivity contribution in [2.24, 2.45) is 0 Å². The van der Waals surface area contributed by atoms with E-state index in [0.717, 1.165) is 19.4 Å². The van der Waals surface area contributed by atoms with E-state index in [1.165, 1.54) is 7.11 Å². The number of methoxy groups -OCH3 is 1. The smallest absolute Gasteiger partial charge is 0.333 e. The SMILES string of the molecule is C=C(CC1CCCO1)C(=O)OC. The zero-order valence-electron chi connectivity index (χ0n) is 7.34. The molecule has 1 heterocycles. The van der Waals surface area contributed by atoms with Crippen molar-refractivity contribution < 1.29 is 14.3 Å². The second-order valence-electron chi connectivity index (χ2n) is 2.93. The largest absolute Gasteiger partial charge is 0.466 e. The quantitative estimate of drug-likeness (QED) is 0.473. The Bertz CT molecular complexity index is 180. The van der Waals surface area contributed by atoms with Gasteiger partial charge in [-0.15, -0.1) is 0 Å². The summed E-state index contributed by atoms with van der Waals surface area (Å²) < 4.78 is 9.88. The van der Waals surface area contributed by atoms with Gasteiger partial charge in [0.05, 0.1) is 13.2 Å². The third-order valence-corrected chi connectivity index (χ3v) is 1.97. The lowest BCUT2D eigenvalue weighted by Gasteiger charge is -2.09. The van der Waals surface area contributed by atoms with E-state index >= 15 is 0 Å². The van der Waals surface area contributed by atoms with Gasteiger partial charge in [-0.25, -0.2) is 4.79 Å². The summed E-state index contributed by atoms with van der Waals surface area (Å²) in [6.45, 7) is 4.44. The molecule has 1 atom stereocenters. The fourth-order valence-electron chi connectivity index (χ4n) is 1.31. The van der Waals surface area contributed by atoms with Crippen molar-refractivity contribution in [2.75, 3.05) is 13.7 Å². The molecular formula is C9H14O3. The van der Waals surface area contributed by atoms with Crippen LogP contribution in [0.15, 0.2) is 12.2 Å². The first-order chi connectivity index (χ1) is 5.74. The Kier molecular flexibility index (Phi) is 3.29. The number of hydrogen-bond acceptors (Lipinski definition) is 3. The highest BCUT2D eigenvalue weighted by Crippen LogP contribution is 2.18. The molecule has 68 valence electrons. The number of esters is 1. The average molecular weight is 170 g/mol. The van der Waals surface area contributed by atoms with E-state index < -0.39 is 0 Å². The molecule has 0 saturated carbocycles. The molecule has 1 saturated heterocycles. The molecule has 0 aromatic rings. The van der Waals surface area contributed by atoms with Crippen molar-refractivity contribution in [3.63, 3.8) is 0 Å². The van der Waals surface area contributed by atoms with E-state index in [0.29, 0.717) is 12.0 Å². The summed E-state index contributed by atoms with van der Waals surface area (Å²) in [5.74, 6) is -0.328. The summed E-state index contributed by atoms with van der Waals surface area (Å²) in [7, 11) is 1.36. The minimum Gasteiger partial charge on any atom is -0.466 e. The monoisotopic (exact) mass is 170 g/mol. The van der Waals surface area contributed by atoms with Crippen LogP contribution in [-0.4, -0.2) is 25.8 Å². The van der Waals surface area contributed by atoms with Crippen LogP contribution in [0.2, 0.25) is 0 Å². The molecule has 0 amide bonds.